The van der Waals surface area contributed by atoms with Crippen LogP contribution in [0, 0.1) is 6.92 Å². The van der Waals surface area contributed by atoms with Crippen molar-refractivity contribution in [3.05, 3.63) is 17.8 Å². The summed E-state index contributed by atoms with van der Waals surface area (Å²) in [5, 5.41) is 0. The van der Waals surface area contributed by atoms with Gasteiger partial charge in [-0.25, -0.2) is 4.98 Å². The third-order valence-corrected chi connectivity index (χ3v) is 3.94. The predicted molar refractivity (Wildman–Crippen MR) is 76.9 cm³/mol. The number of pyridine rings is 1. The Balaban J connectivity index is 2.07. The van der Waals surface area contributed by atoms with Crippen LogP contribution >= 0.6 is 0 Å². The second-order valence-corrected chi connectivity index (χ2v) is 5.17. The number of nitrogens with two attached hydrogens (primary N) is 1. The molecule has 0 aromatic carbocycles. The summed E-state index contributed by atoms with van der Waals surface area (Å²) in [7, 11) is 2.09. The van der Waals surface area contributed by atoms with Crippen LogP contribution in [0.5, 0.6) is 0 Å². The van der Waals surface area contributed by atoms with E-state index >= 15 is 0 Å². The summed E-state index contributed by atoms with van der Waals surface area (Å²) in [5.74, 6) is 0.915. The van der Waals surface area contributed by atoms with E-state index < -0.39 is 0 Å². The molecule has 2 rings (SSSR count). The van der Waals surface area contributed by atoms with E-state index in [0.29, 0.717) is 6.04 Å². The lowest BCUT2D eigenvalue weighted by Gasteiger charge is -2.29. The minimum Gasteiger partial charge on any atom is -0.396 e. The summed E-state index contributed by atoms with van der Waals surface area (Å²) in [6, 6.07) is 2.60. The summed E-state index contributed by atoms with van der Waals surface area (Å²) in [4.78, 5) is 9.15. The van der Waals surface area contributed by atoms with Crippen molar-refractivity contribution in [1.82, 2.24) is 9.88 Å². The normalized spacial score (nSPS) is 20.3. The maximum Gasteiger partial charge on any atom is 0.151 e. The topological polar surface area (TPSA) is 45.4 Å². The third kappa shape index (κ3) is 2.58. The quantitative estimate of drug-likeness (QED) is 0.884. The molecule has 0 spiro atoms. The lowest BCUT2D eigenvalue weighted by molar-refractivity contribution is 0.270. The minimum absolute atomic E-state index is 0.640. The number of nitrogen functional groups attached to an aromatic ring is 1. The maximum atomic E-state index is 6.11. The first-order chi connectivity index (χ1) is 8.63. The molecule has 0 amide bonds. The van der Waals surface area contributed by atoms with E-state index in [4.69, 9.17) is 5.73 Å². The van der Waals surface area contributed by atoms with Gasteiger partial charge in [0.15, 0.2) is 5.82 Å². The van der Waals surface area contributed by atoms with Crippen molar-refractivity contribution in [1.29, 1.82) is 0 Å². The second-order valence-electron chi connectivity index (χ2n) is 5.17. The molecule has 1 aromatic rings. The summed E-state index contributed by atoms with van der Waals surface area (Å²) >= 11 is 0. The lowest BCUT2D eigenvalue weighted by atomic mass is 10.2. The van der Waals surface area contributed by atoms with Crippen molar-refractivity contribution in [2.24, 2.45) is 0 Å². The number of anilines is 2. The van der Waals surface area contributed by atoms with Gasteiger partial charge in [-0.15, -0.1) is 0 Å². The Labute approximate surface area is 110 Å². The zero-order valence-corrected chi connectivity index (χ0v) is 11.7. The van der Waals surface area contributed by atoms with Crippen LogP contribution in [0.4, 0.5) is 11.5 Å². The van der Waals surface area contributed by atoms with Gasteiger partial charge in [-0.2, -0.15) is 0 Å². The number of likely N-dealkylation sites (tertiary alicyclic amines) is 1. The van der Waals surface area contributed by atoms with Gasteiger partial charge < -0.3 is 10.6 Å². The molecule has 4 nitrogen and oxygen atoms in total. The van der Waals surface area contributed by atoms with Crippen LogP contribution in [0.25, 0.3) is 0 Å². The van der Waals surface area contributed by atoms with Crippen LogP contribution in [0.15, 0.2) is 12.3 Å². The standard InChI is InChI=1S/C14H24N4/c1-4-18-9-5-6-12(18)10-17(3)14-13(15)11(2)7-8-16-14/h7-8,12H,4-6,9-10,15H2,1-3H3. The van der Waals surface area contributed by atoms with Crippen LogP contribution in [-0.2, 0) is 0 Å². The van der Waals surface area contributed by atoms with E-state index in [1.54, 1.807) is 0 Å². The van der Waals surface area contributed by atoms with Crippen LogP contribution in [0.2, 0.25) is 0 Å². The SMILES string of the molecule is CCN1CCCC1CN(C)c1nccc(C)c1N. The summed E-state index contributed by atoms with van der Waals surface area (Å²) in [5.41, 5.74) is 8.02. The van der Waals surface area contributed by atoms with Gasteiger partial charge >= 0.3 is 0 Å². The van der Waals surface area contributed by atoms with Crippen LogP contribution < -0.4 is 10.6 Å². The Kier molecular flexibility index (Phi) is 4.07. The average Bonchev–Trinajstić information content (AvgIpc) is 2.79. The molecule has 0 aliphatic carbocycles. The molecule has 1 unspecified atom stereocenters. The smallest absolute Gasteiger partial charge is 0.151 e. The Morgan fingerprint density at radius 3 is 3.06 bits per heavy atom. The highest BCUT2D eigenvalue weighted by Crippen LogP contribution is 2.24. The molecule has 0 bridgehead atoms. The number of hydrogen-bond acceptors (Lipinski definition) is 4. The highest BCUT2D eigenvalue weighted by Gasteiger charge is 2.24. The van der Waals surface area contributed by atoms with Gasteiger partial charge in [0.25, 0.3) is 0 Å². The van der Waals surface area contributed by atoms with Crippen molar-refractivity contribution < 1.29 is 0 Å². The Bertz CT molecular complexity index is 405. The van der Waals surface area contributed by atoms with E-state index in [1.807, 2.05) is 19.2 Å². The average molecular weight is 248 g/mol. The van der Waals surface area contributed by atoms with Crippen molar-refractivity contribution >= 4 is 11.5 Å². The number of aryl methyl sites for hydroxylation is 1. The molecule has 1 aliphatic heterocycles. The van der Waals surface area contributed by atoms with Crippen LogP contribution in [0.3, 0.4) is 0 Å². The van der Waals surface area contributed by atoms with E-state index in [9.17, 15) is 0 Å². The second kappa shape index (κ2) is 5.57. The molecular weight excluding hydrogens is 224 g/mol. The van der Waals surface area contributed by atoms with E-state index in [0.717, 1.165) is 30.2 Å². The van der Waals surface area contributed by atoms with Gasteiger partial charge in [-0.05, 0) is 44.5 Å². The molecule has 0 saturated carbocycles. The molecule has 1 saturated heterocycles. The number of rotatable bonds is 4. The zero-order chi connectivity index (χ0) is 13.1. The largest absolute Gasteiger partial charge is 0.396 e. The molecule has 4 heteroatoms. The Morgan fingerprint density at radius 1 is 1.56 bits per heavy atom. The minimum atomic E-state index is 0.640. The fourth-order valence-corrected chi connectivity index (χ4v) is 2.78. The van der Waals surface area contributed by atoms with Crippen molar-refractivity contribution in [2.75, 3.05) is 37.3 Å². The number of hydrogen-bond donors (Lipinski definition) is 1. The molecule has 2 heterocycles. The Morgan fingerprint density at radius 2 is 2.33 bits per heavy atom. The van der Waals surface area contributed by atoms with Gasteiger partial charge in [0.1, 0.15) is 0 Å². The summed E-state index contributed by atoms with van der Waals surface area (Å²) in [6.07, 6.45) is 4.43. The molecule has 18 heavy (non-hydrogen) atoms. The fourth-order valence-electron chi connectivity index (χ4n) is 2.78. The highest BCUT2D eigenvalue weighted by molar-refractivity contribution is 5.66. The van der Waals surface area contributed by atoms with Gasteiger partial charge in [-0.3, -0.25) is 4.90 Å². The predicted octanol–water partition coefficient (Wildman–Crippen LogP) is 1.89. The van der Waals surface area contributed by atoms with Gasteiger partial charge in [-0.1, -0.05) is 6.92 Å². The molecule has 100 valence electrons. The van der Waals surface area contributed by atoms with Crippen molar-refractivity contribution in [2.45, 2.75) is 32.7 Å². The molecular formula is C14H24N4. The van der Waals surface area contributed by atoms with E-state index in [2.05, 4.69) is 28.8 Å². The highest BCUT2D eigenvalue weighted by atomic mass is 15.2. The molecule has 1 aromatic heterocycles. The Hall–Kier alpha value is -1.29. The first-order valence-corrected chi connectivity index (χ1v) is 6.79. The first-order valence-electron chi connectivity index (χ1n) is 6.79. The molecule has 0 radical (unpaired) electrons. The lowest BCUT2D eigenvalue weighted by Crippen LogP contribution is -2.39. The summed E-state index contributed by atoms with van der Waals surface area (Å²) < 4.78 is 0. The van der Waals surface area contributed by atoms with Gasteiger partial charge in [0.05, 0.1) is 5.69 Å². The number of nitrogens with zero attached hydrogens (tertiary/aromatic N) is 3. The fraction of sp³-hybridized carbons (Fsp3) is 0.643. The van der Waals surface area contributed by atoms with Crippen LogP contribution in [0.1, 0.15) is 25.3 Å². The zero-order valence-electron chi connectivity index (χ0n) is 11.7. The van der Waals surface area contributed by atoms with Crippen LogP contribution in [-0.4, -0.2) is 42.6 Å². The molecule has 2 N–H and O–H groups in total. The van der Waals surface area contributed by atoms with Gasteiger partial charge in [0, 0.05) is 25.8 Å². The van der Waals surface area contributed by atoms with E-state index in [-0.39, 0.29) is 0 Å². The van der Waals surface area contributed by atoms with E-state index in [1.165, 1.54) is 19.4 Å². The molecule has 1 atom stereocenters. The molecule has 1 aliphatic rings. The number of aromatic nitrogens is 1. The number of likely N-dealkylation sites (N-methyl/N-ethyl adjacent to an activating group) is 2. The third-order valence-electron chi connectivity index (χ3n) is 3.94. The van der Waals surface area contributed by atoms with Crippen molar-refractivity contribution in [3.63, 3.8) is 0 Å². The van der Waals surface area contributed by atoms with Gasteiger partial charge in [0.2, 0.25) is 0 Å². The monoisotopic (exact) mass is 248 g/mol. The maximum absolute atomic E-state index is 6.11. The van der Waals surface area contributed by atoms with Crippen molar-refractivity contribution in [3.8, 4) is 0 Å². The summed E-state index contributed by atoms with van der Waals surface area (Å²) in [6.45, 7) is 7.63. The first kappa shape index (κ1) is 13.1. The molecule has 1 fully saturated rings.